The molecule has 0 fully saturated rings. The van der Waals surface area contributed by atoms with Gasteiger partial charge in [0.05, 0.1) is 0 Å². The van der Waals surface area contributed by atoms with Gasteiger partial charge in [0, 0.05) is 0 Å². The summed E-state index contributed by atoms with van der Waals surface area (Å²) in [4.78, 5) is 25.0. The summed E-state index contributed by atoms with van der Waals surface area (Å²) in [5.41, 5.74) is 0. The largest absolute Gasteiger partial charge is 3.00 e. The van der Waals surface area contributed by atoms with E-state index >= 15 is 0 Å². The zero-order valence-electron chi connectivity index (χ0n) is 5.91. The first-order valence-corrected chi connectivity index (χ1v) is 1.84. The van der Waals surface area contributed by atoms with Crippen molar-refractivity contribution in [1.82, 2.24) is 0 Å². The van der Waals surface area contributed by atoms with Crippen molar-refractivity contribution < 1.29 is 134 Å². The van der Waals surface area contributed by atoms with Gasteiger partial charge >= 0.3 is 89.3 Å². The van der Waals surface area contributed by atoms with Gasteiger partial charge in [-0.15, -0.1) is 0 Å². The van der Waals surface area contributed by atoms with Crippen LogP contribution in [-0.4, -0.2) is 18.5 Å². The molecular formula is C3EuGdO9. The summed E-state index contributed by atoms with van der Waals surface area (Å²) in [6.07, 6.45) is -7.00. The minimum atomic E-state index is -2.33. The Labute approximate surface area is 150 Å². The number of carbonyl (C=O) groups is 3. The Morgan fingerprint density at radius 2 is 0.571 bits per heavy atom. The molecule has 0 aliphatic carbocycles. The second kappa shape index (κ2) is 23.5. The molecular weight excluding hydrogens is 489 g/mol. The van der Waals surface area contributed by atoms with Gasteiger partial charge in [-0.05, 0) is 18.5 Å². The molecule has 0 N–H and O–H groups in total. The van der Waals surface area contributed by atoms with Gasteiger partial charge in [0.1, 0.15) is 0 Å². The first kappa shape index (κ1) is 29.3. The Hall–Kier alpha value is 0.719. The summed E-state index contributed by atoms with van der Waals surface area (Å²) < 4.78 is 0. The minimum Gasteiger partial charge on any atom is -0.652 e. The zero-order valence-corrected chi connectivity index (χ0v) is 10.6. The van der Waals surface area contributed by atoms with Crippen LogP contribution in [0.1, 0.15) is 0 Å². The van der Waals surface area contributed by atoms with Crippen molar-refractivity contribution in [3.05, 3.63) is 0 Å². The van der Waals surface area contributed by atoms with Crippen molar-refractivity contribution in [3.63, 3.8) is 0 Å². The average Bonchev–Trinajstić information content (AvgIpc) is 1.54. The quantitative estimate of drug-likeness (QED) is 0.318. The molecule has 0 amide bonds. The van der Waals surface area contributed by atoms with Gasteiger partial charge < -0.3 is 45.0 Å². The van der Waals surface area contributed by atoms with Crippen LogP contribution in [0.5, 0.6) is 0 Å². The number of carbonyl (C=O) groups excluding carboxylic acids is 3. The van der Waals surface area contributed by atoms with Crippen molar-refractivity contribution in [2.24, 2.45) is 0 Å². The van der Waals surface area contributed by atoms with Gasteiger partial charge in [0.25, 0.3) is 0 Å². The normalized spacial score (nSPS) is 5.14. The summed E-state index contributed by atoms with van der Waals surface area (Å²) in [7, 11) is 0. The van der Waals surface area contributed by atoms with E-state index in [0.717, 1.165) is 0 Å². The molecule has 9 nitrogen and oxygen atoms in total. The topological polar surface area (TPSA) is 190 Å². The van der Waals surface area contributed by atoms with Crippen molar-refractivity contribution in [3.8, 4) is 0 Å². The third-order valence-corrected chi connectivity index (χ3v) is 0. The van der Waals surface area contributed by atoms with Crippen LogP contribution in [0.15, 0.2) is 0 Å². The average molecular weight is 489 g/mol. The van der Waals surface area contributed by atoms with Gasteiger partial charge in [0.15, 0.2) is 0 Å². The standard InChI is InChI=1S/3CH2O3.Eu.Gd/c3*2-1(3)4;;/h3*(H2,2,3,4);;/q;;;2*+3/p-6. The predicted octanol–water partition coefficient (Wildman–Crippen LogP) is -7.34. The molecule has 0 unspecified atom stereocenters. The molecule has 0 bridgehead atoms. The Morgan fingerprint density at radius 1 is 0.571 bits per heavy atom. The van der Waals surface area contributed by atoms with Gasteiger partial charge in [-0.1, -0.05) is 0 Å². The van der Waals surface area contributed by atoms with E-state index in [1.807, 2.05) is 0 Å². The van der Waals surface area contributed by atoms with Gasteiger partial charge in [-0.2, -0.15) is 0 Å². The van der Waals surface area contributed by atoms with E-state index in [2.05, 4.69) is 0 Å². The fraction of sp³-hybridized carbons (Fsp3) is 0. The number of rotatable bonds is 0. The van der Waals surface area contributed by atoms with Crippen molar-refractivity contribution in [1.29, 1.82) is 0 Å². The summed E-state index contributed by atoms with van der Waals surface area (Å²) in [6.45, 7) is 0. The van der Waals surface area contributed by atoms with E-state index in [9.17, 15) is 0 Å². The molecule has 0 aromatic heterocycles. The molecule has 0 saturated heterocycles. The molecule has 81 valence electrons. The fourth-order valence-electron chi connectivity index (χ4n) is 0. The maximum Gasteiger partial charge on any atom is 3.00 e. The van der Waals surface area contributed by atoms with E-state index in [0.29, 0.717) is 0 Å². The zero-order chi connectivity index (χ0) is 10.7. The van der Waals surface area contributed by atoms with Crippen LogP contribution < -0.4 is 30.6 Å². The summed E-state index contributed by atoms with van der Waals surface area (Å²) >= 11 is 0. The van der Waals surface area contributed by atoms with Crippen LogP contribution in [-0.2, 0) is 0 Å². The molecule has 0 aromatic rings. The molecule has 0 aliphatic rings. The Morgan fingerprint density at radius 3 is 0.571 bits per heavy atom. The van der Waals surface area contributed by atoms with Gasteiger partial charge in [-0.25, -0.2) is 0 Å². The van der Waals surface area contributed by atoms with Crippen LogP contribution in [0.3, 0.4) is 0 Å². The smallest absolute Gasteiger partial charge is 0.652 e. The predicted molar refractivity (Wildman–Crippen MR) is 16.2 cm³/mol. The summed E-state index contributed by atoms with van der Waals surface area (Å²) in [6, 6.07) is 0. The van der Waals surface area contributed by atoms with E-state index in [1.54, 1.807) is 0 Å². The van der Waals surface area contributed by atoms with Crippen LogP contribution in [0.4, 0.5) is 14.4 Å². The number of hydrogen-bond acceptors (Lipinski definition) is 9. The first-order chi connectivity index (χ1) is 5.20. The second-order valence-corrected chi connectivity index (χ2v) is 0.750. The molecule has 1 radical (unpaired) electrons. The van der Waals surface area contributed by atoms with Gasteiger partial charge in [-0.3, -0.25) is 0 Å². The van der Waals surface area contributed by atoms with E-state index < -0.39 is 18.5 Å². The Kier molecular flexibility index (Phi) is 49.2. The minimum absolute atomic E-state index is 0. The van der Waals surface area contributed by atoms with Crippen molar-refractivity contribution in [2.45, 2.75) is 0 Å². The summed E-state index contributed by atoms with van der Waals surface area (Å²) in [5.74, 6) is 0. The van der Waals surface area contributed by atoms with E-state index in [-0.39, 0.29) is 89.3 Å². The Bertz CT molecular complexity index is 118. The van der Waals surface area contributed by atoms with Crippen LogP contribution in [0.25, 0.3) is 0 Å². The second-order valence-electron chi connectivity index (χ2n) is 0.750. The first-order valence-electron chi connectivity index (χ1n) is 1.84. The van der Waals surface area contributed by atoms with Gasteiger partial charge in [0.2, 0.25) is 0 Å². The molecule has 0 spiro atoms. The molecule has 0 saturated carbocycles. The van der Waals surface area contributed by atoms with Crippen molar-refractivity contribution in [2.75, 3.05) is 0 Å². The van der Waals surface area contributed by atoms with E-state index in [4.69, 9.17) is 45.0 Å². The maximum atomic E-state index is 8.33. The third-order valence-electron chi connectivity index (χ3n) is 0. The fourth-order valence-corrected chi connectivity index (χ4v) is 0. The number of carboxylic acid groups (broad SMARTS) is 6. The van der Waals surface area contributed by atoms with Crippen LogP contribution in [0.2, 0.25) is 0 Å². The number of hydrogen-bond donors (Lipinski definition) is 0. The molecule has 11 heteroatoms. The molecule has 0 aromatic carbocycles. The monoisotopic (exact) mass is 491 g/mol. The molecule has 0 rings (SSSR count). The van der Waals surface area contributed by atoms with Crippen LogP contribution in [0, 0.1) is 89.3 Å². The molecule has 0 aliphatic heterocycles. The summed E-state index contributed by atoms with van der Waals surface area (Å²) in [5, 5.41) is 50.0. The third kappa shape index (κ3) is 3380. The molecule has 14 heavy (non-hydrogen) atoms. The van der Waals surface area contributed by atoms with Crippen LogP contribution >= 0.6 is 0 Å². The van der Waals surface area contributed by atoms with Crippen molar-refractivity contribution >= 4 is 18.5 Å². The van der Waals surface area contributed by atoms with E-state index in [1.165, 1.54) is 0 Å². The maximum absolute atomic E-state index is 8.33. The SMILES string of the molecule is O=C([O-])[O-].O=C([O-])[O-].O=C([O-])[O-].[Eu+3].[Gd+3]. The Balaban J connectivity index is -0.0000000270. The molecule has 0 heterocycles. The molecule has 0 atom stereocenters.